The Morgan fingerprint density at radius 3 is 2.75 bits per heavy atom. The minimum atomic E-state index is -0.0174. The maximum atomic E-state index is 10.2. The van der Waals surface area contributed by atoms with E-state index in [1.807, 2.05) is 0 Å². The van der Waals surface area contributed by atoms with E-state index in [4.69, 9.17) is 0 Å². The Bertz CT molecular complexity index is 427. The Hall–Kier alpha value is -0.300. The lowest BCUT2D eigenvalue weighted by Crippen LogP contribution is -2.50. The summed E-state index contributed by atoms with van der Waals surface area (Å²) < 4.78 is 0. The number of allylic oxidation sites excluding steroid dienone is 2. The smallest absolute Gasteiger partial charge is 0.0548 e. The molecule has 20 heavy (non-hydrogen) atoms. The SMILES string of the molecule is C[C@]12CC[C@H]3[C@@H](CCC4CCC=C[C@@]43C)[C@@H]1CC(O)C2. The van der Waals surface area contributed by atoms with Crippen LogP contribution in [0.3, 0.4) is 0 Å². The van der Waals surface area contributed by atoms with Gasteiger partial charge in [0.2, 0.25) is 0 Å². The highest BCUT2D eigenvalue weighted by molar-refractivity contribution is 5.15. The molecule has 1 heteroatoms. The van der Waals surface area contributed by atoms with Gasteiger partial charge in [-0.3, -0.25) is 0 Å². The molecule has 0 aromatic heterocycles. The van der Waals surface area contributed by atoms with Crippen LogP contribution < -0.4 is 0 Å². The van der Waals surface area contributed by atoms with Gasteiger partial charge in [0.15, 0.2) is 0 Å². The third kappa shape index (κ3) is 1.71. The zero-order valence-electron chi connectivity index (χ0n) is 13.1. The molecule has 2 unspecified atom stereocenters. The largest absolute Gasteiger partial charge is 0.393 e. The van der Waals surface area contributed by atoms with E-state index in [1.54, 1.807) is 0 Å². The van der Waals surface area contributed by atoms with Crippen LogP contribution in [0, 0.1) is 34.5 Å². The molecule has 0 aromatic rings. The third-order valence-electron chi connectivity index (χ3n) is 7.87. The Morgan fingerprint density at radius 1 is 1.05 bits per heavy atom. The van der Waals surface area contributed by atoms with E-state index in [9.17, 15) is 5.11 Å². The van der Waals surface area contributed by atoms with Gasteiger partial charge < -0.3 is 5.11 Å². The van der Waals surface area contributed by atoms with Crippen molar-refractivity contribution in [1.29, 1.82) is 0 Å². The molecule has 112 valence electrons. The first-order valence-corrected chi connectivity index (χ1v) is 8.89. The van der Waals surface area contributed by atoms with Crippen LogP contribution in [0.2, 0.25) is 0 Å². The maximum absolute atomic E-state index is 10.2. The van der Waals surface area contributed by atoms with Crippen molar-refractivity contribution < 1.29 is 5.11 Å². The van der Waals surface area contributed by atoms with Crippen LogP contribution in [-0.2, 0) is 0 Å². The van der Waals surface area contributed by atoms with Gasteiger partial charge in [-0.2, -0.15) is 0 Å². The zero-order chi connectivity index (χ0) is 14.0. The molecule has 4 aliphatic carbocycles. The topological polar surface area (TPSA) is 20.2 Å². The Morgan fingerprint density at radius 2 is 1.90 bits per heavy atom. The van der Waals surface area contributed by atoms with Gasteiger partial charge in [-0.05, 0) is 85.9 Å². The molecule has 3 saturated carbocycles. The fraction of sp³-hybridized carbons (Fsp3) is 0.895. The predicted molar refractivity (Wildman–Crippen MR) is 82.3 cm³/mol. The molecule has 0 aromatic carbocycles. The number of fused-ring (bicyclic) bond motifs is 5. The number of aliphatic hydroxyl groups is 1. The van der Waals surface area contributed by atoms with E-state index in [2.05, 4.69) is 26.0 Å². The lowest BCUT2D eigenvalue weighted by Gasteiger charge is -2.58. The molecular formula is C19H30O. The summed E-state index contributed by atoms with van der Waals surface area (Å²) in [5.41, 5.74) is 0.915. The monoisotopic (exact) mass is 274 g/mol. The van der Waals surface area contributed by atoms with Crippen molar-refractivity contribution in [2.75, 3.05) is 0 Å². The van der Waals surface area contributed by atoms with Crippen molar-refractivity contribution in [2.45, 2.75) is 71.3 Å². The second-order valence-electron chi connectivity index (χ2n) is 8.78. The molecule has 0 spiro atoms. The summed E-state index contributed by atoms with van der Waals surface area (Å²) >= 11 is 0. The van der Waals surface area contributed by atoms with Gasteiger partial charge >= 0.3 is 0 Å². The van der Waals surface area contributed by atoms with Gasteiger partial charge in [0, 0.05) is 0 Å². The van der Waals surface area contributed by atoms with E-state index in [-0.39, 0.29) is 6.10 Å². The zero-order valence-corrected chi connectivity index (χ0v) is 13.1. The summed E-state index contributed by atoms with van der Waals surface area (Å²) in [6.45, 7) is 5.02. The van der Waals surface area contributed by atoms with Crippen LogP contribution in [0.15, 0.2) is 12.2 Å². The van der Waals surface area contributed by atoms with Crippen molar-refractivity contribution in [3.8, 4) is 0 Å². The Balaban J connectivity index is 1.67. The summed E-state index contributed by atoms with van der Waals surface area (Å²) in [7, 11) is 0. The van der Waals surface area contributed by atoms with Gasteiger partial charge in [0.25, 0.3) is 0 Å². The van der Waals surface area contributed by atoms with E-state index in [0.29, 0.717) is 10.8 Å². The molecule has 3 fully saturated rings. The first kappa shape index (κ1) is 13.4. The Kier molecular flexibility index (Phi) is 2.91. The van der Waals surface area contributed by atoms with Crippen LogP contribution in [0.4, 0.5) is 0 Å². The molecule has 4 rings (SSSR count). The van der Waals surface area contributed by atoms with Crippen LogP contribution in [0.25, 0.3) is 0 Å². The van der Waals surface area contributed by atoms with Gasteiger partial charge in [0.05, 0.1) is 6.10 Å². The minimum absolute atomic E-state index is 0.0174. The maximum Gasteiger partial charge on any atom is 0.0548 e. The van der Waals surface area contributed by atoms with Gasteiger partial charge in [-0.15, -0.1) is 0 Å². The summed E-state index contributed by atoms with van der Waals surface area (Å²) in [4.78, 5) is 0. The van der Waals surface area contributed by atoms with E-state index < -0.39 is 0 Å². The highest BCUT2D eigenvalue weighted by Gasteiger charge is 2.57. The lowest BCUT2D eigenvalue weighted by atomic mass is 9.46. The number of rotatable bonds is 0. The van der Waals surface area contributed by atoms with E-state index in [0.717, 1.165) is 36.5 Å². The average molecular weight is 274 g/mol. The van der Waals surface area contributed by atoms with Crippen molar-refractivity contribution in [1.82, 2.24) is 0 Å². The van der Waals surface area contributed by atoms with Crippen molar-refractivity contribution >= 4 is 0 Å². The van der Waals surface area contributed by atoms with Crippen molar-refractivity contribution in [3.05, 3.63) is 12.2 Å². The molecular weight excluding hydrogens is 244 g/mol. The first-order valence-electron chi connectivity index (χ1n) is 8.89. The van der Waals surface area contributed by atoms with Crippen LogP contribution >= 0.6 is 0 Å². The highest BCUT2D eigenvalue weighted by atomic mass is 16.3. The van der Waals surface area contributed by atoms with E-state index in [1.165, 1.54) is 38.5 Å². The van der Waals surface area contributed by atoms with Crippen LogP contribution in [-0.4, -0.2) is 11.2 Å². The number of hydrogen-bond donors (Lipinski definition) is 1. The molecule has 0 radical (unpaired) electrons. The quantitative estimate of drug-likeness (QED) is 0.642. The van der Waals surface area contributed by atoms with Crippen LogP contribution in [0.1, 0.15) is 65.2 Å². The minimum Gasteiger partial charge on any atom is -0.393 e. The molecule has 0 bridgehead atoms. The highest BCUT2D eigenvalue weighted by Crippen LogP contribution is 2.65. The van der Waals surface area contributed by atoms with E-state index >= 15 is 0 Å². The molecule has 7 atom stereocenters. The number of aliphatic hydroxyl groups excluding tert-OH is 1. The predicted octanol–water partition coefficient (Wildman–Crippen LogP) is 4.56. The average Bonchev–Trinajstić information content (AvgIpc) is 2.72. The molecule has 4 aliphatic rings. The van der Waals surface area contributed by atoms with Gasteiger partial charge in [-0.25, -0.2) is 0 Å². The Labute approximate surface area is 123 Å². The summed E-state index contributed by atoms with van der Waals surface area (Å²) in [5.74, 6) is 3.50. The molecule has 0 aliphatic heterocycles. The fourth-order valence-corrected chi connectivity index (χ4v) is 6.84. The lowest BCUT2D eigenvalue weighted by molar-refractivity contribution is -0.0679. The van der Waals surface area contributed by atoms with Crippen molar-refractivity contribution in [3.63, 3.8) is 0 Å². The molecule has 0 amide bonds. The molecule has 1 nitrogen and oxygen atoms in total. The summed E-state index contributed by atoms with van der Waals surface area (Å²) in [5, 5.41) is 10.2. The summed E-state index contributed by atoms with van der Waals surface area (Å²) in [6, 6.07) is 0. The second kappa shape index (κ2) is 4.35. The van der Waals surface area contributed by atoms with Gasteiger partial charge in [-0.1, -0.05) is 26.0 Å². The summed E-state index contributed by atoms with van der Waals surface area (Å²) in [6.07, 6.45) is 15.5. The van der Waals surface area contributed by atoms with Gasteiger partial charge in [0.1, 0.15) is 0 Å². The molecule has 0 heterocycles. The van der Waals surface area contributed by atoms with Crippen LogP contribution in [0.5, 0.6) is 0 Å². The number of hydrogen-bond acceptors (Lipinski definition) is 1. The van der Waals surface area contributed by atoms with Crippen molar-refractivity contribution in [2.24, 2.45) is 34.5 Å². The normalized spacial score (nSPS) is 57.9. The second-order valence-corrected chi connectivity index (χ2v) is 8.78. The molecule has 1 N–H and O–H groups in total. The standard InChI is InChI=1S/C19H30O/c1-18-10-8-16-15(17(18)11-14(20)12-18)7-6-13-5-3-4-9-19(13,16)2/h4,9,13-17,20H,3,5-8,10-12H2,1-2H3/t13?,14?,15-,16+,17+,18-,19+/m1/s1. The first-order chi connectivity index (χ1) is 9.53. The third-order valence-corrected chi connectivity index (χ3v) is 7.87. The fourth-order valence-electron chi connectivity index (χ4n) is 6.84. The molecule has 0 saturated heterocycles.